The van der Waals surface area contributed by atoms with Gasteiger partial charge in [0.2, 0.25) is 0 Å². The number of fused-ring (bicyclic) bond motifs is 7. The van der Waals surface area contributed by atoms with Gasteiger partial charge in [0.15, 0.2) is 18.8 Å². The van der Waals surface area contributed by atoms with Gasteiger partial charge in [-0.05, 0) is 93.6 Å². The molecule has 316 valence electrons. The molecule has 10 heteroatoms. The minimum Gasteiger partial charge on any atom is -0.664 e. The zero-order valence-corrected chi connectivity index (χ0v) is 39.1. The number of ketones is 1. The summed E-state index contributed by atoms with van der Waals surface area (Å²) in [6.45, 7) is 23.9. The van der Waals surface area contributed by atoms with Crippen LogP contribution in [-0.2, 0) is 25.4 Å². The maximum Gasteiger partial charge on any atom is 2.00 e. The molecular weight excluding hydrogens is 761 g/mol. The molecule has 9 nitrogen and oxygen atoms in total. The Kier molecular flexibility index (Phi) is 14.5. The summed E-state index contributed by atoms with van der Waals surface area (Å²) < 4.78 is 8.41. The first-order valence-electron chi connectivity index (χ1n) is 21.9. The van der Waals surface area contributed by atoms with Gasteiger partial charge in [-0.25, -0.2) is 4.52 Å². The van der Waals surface area contributed by atoms with Crippen molar-refractivity contribution in [2.75, 3.05) is 13.7 Å². The minimum atomic E-state index is -0.616. The first-order chi connectivity index (χ1) is 28.2. The van der Waals surface area contributed by atoms with Gasteiger partial charge in [0.25, 0.3) is 0 Å². The van der Waals surface area contributed by atoms with Crippen LogP contribution in [0, 0.1) is 50.4 Å². The van der Waals surface area contributed by atoms with E-state index in [1.807, 2.05) is 31.2 Å². The van der Waals surface area contributed by atoms with E-state index in [-0.39, 0.29) is 59.7 Å². The molecule has 3 aromatic heterocycles. The van der Waals surface area contributed by atoms with E-state index in [1.165, 1.54) is 31.3 Å². The van der Waals surface area contributed by atoms with Crippen molar-refractivity contribution in [2.24, 2.45) is 29.6 Å². The predicted molar refractivity (Wildman–Crippen MR) is 241 cm³/mol. The fraction of sp³-hybridized carbons (Fsp3) is 0.520. The van der Waals surface area contributed by atoms with Crippen molar-refractivity contribution in [1.29, 1.82) is 0 Å². The van der Waals surface area contributed by atoms with E-state index in [9.17, 15) is 9.59 Å². The second kappa shape index (κ2) is 19.1. The van der Waals surface area contributed by atoms with Crippen molar-refractivity contribution in [1.82, 2.24) is 15.0 Å². The first-order valence-corrected chi connectivity index (χ1v) is 21.9. The van der Waals surface area contributed by atoms with E-state index in [4.69, 9.17) is 29.9 Å². The maximum atomic E-state index is 14.5. The van der Waals surface area contributed by atoms with Crippen LogP contribution in [0.4, 0.5) is 0 Å². The molecule has 1 unspecified atom stereocenters. The van der Waals surface area contributed by atoms with Crippen molar-refractivity contribution in [2.45, 2.75) is 126 Å². The van der Waals surface area contributed by atoms with Gasteiger partial charge in [-0.2, -0.15) is 11.4 Å². The SMILES string of the molecule is C=Cc1c2[n-]c(c1C)/C=C1\[N-]/C(=C3\c4[n-]c(c(C)c4C(=O)[C@@H]3C3O[O+]3C)/C=c3\[n-]/c(c(C)c3CC)=C\2)[C@@H](CCC(=O)OC/C=C(/C)CCC[C@H](C)CCCC(C)C)[C@@H]1C.[Mg+2]. The average molecular weight is 824 g/mol. The average Bonchev–Trinajstić information content (AvgIpc) is 3.41. The molecule has 2 saturated heterocycles. The molecule has 5 atom stereocenters. The molecule has 0 spiro atoms. The van der Waals surface area contributed by atoms with Gasteiger partial charge < -0.3 is 25.0 Å². The molecule has 0 amide bonds. The number of rotatable bonds is 16. The number of carbonyl (C=O) groups excluding carboxylic acids is 2. The summed E-state index contributed by atoms with van der Waals surface area (Å²) in [6, 6.07) is 0. The summed E-state index contributed by atoms with van der Waals surface area (Å²) in [6.07, 6.45) is 18.3. The number of ether oxygens (including phenoxy) is 1. The zero-order chi connectivity index (χ0) is 42.3. The normalized spacial score (nSPS) is 24.6. The number of esters is 1. The predicted octanol–water partition coefficient (Wildman–Crippen LogP) is 8.84. The van der Waals surface area contributed by atoms with E-state index in [2.05, 4.69) is 72.6 Å². The van der Waals surface area contributed by atoms with E-state index >= 15 is 0 Å². The van der Waals surface area contributed by atoms with E-state index < -0.39 is 12.2 Å². The van der Waals surface area contributed by atoms with Gasteiger partial charge in [-0.3, -0.25) is 9.59 Å². The number of carbonyl (C=O) groups is 2. The van der Waals surface area contributed by atoms with Crippen molar-refractivity contribution >= 4 is 64.7 Å². The second-order valence-electron chi connectivity index (χ2n) is 17.9. The quantitative estimate of drug-likeness (QED) is 0.0354. The molecule has 0 saturated carbocycles. The summed E-state index contributed by atoms with van der Waals surface area (Å²) in [7, 11) is 1.77. The van der Waals surface area contributed by atoms with Crippen LogP contribution < -0.4 is 25.7 Å². The molecular formula is C50H63MgN4O5-. The second-order valence-corrected chi connectivity index (χ2v) is 17.9. The Balaban J connectivity index is 0.00000604. The Morgan fingerprint density at radius 1 is 0.950 bits per heavy atom. The van der Waals surface area contributed by atoms with Crippen LogP contribution in [0.1, 0.15) is 154 Å². The summed E-state index contributed by atoms with van der Waals surface area (Å²) in [5.74, 6) is 0.369. The molecule has 6 heterocycles. The molecule has 4 aliphatic rings. The Hall–Kier alpha value is -3.83. The maximum absolute atomic E-state index is 14.5. The van der Waals surface area contributed by atoms with Gasteiger partial charge >= 0.3 is 35.3 Å². The molecule has 0 aromatic carbocycles. The molecule has 0 radical (unpaired) electrons. The summed E-state index contributed by atoms with van der Waals surface area (Å²) >= 11 is 0. The van der Waals surface area contributed by atoms with Gasteiger partial charge in [0, 0.05) is 12.0 Å². The Labute approximate surface area is 373 Å². The fourth-order valence-electron chi connectivity index (χ4n) is 9.45. The number of nitrogens with zero attached hydrogens (tertiary/aromatic N) is 4. The monoisotopic (exact) mass is 823 g/mol. The van der Waals surface area contributed by atoms with Crippen LogP contribution in [0.5, 0.6) is 0 Å². The number of hydrogen-bond acceptors (Lipinski definition) is 4. The number of Topliss-reactive ketones (excluding diaryl/α,β-unsaturated/α-hetero) is 1. The van der Waals surface area contributed by atoms with Gasteiger partial charge in [0.1, 0.15) is 6.61 Å². The van der Waals surface area contributed by atoms with Crippen LogP contribution in [-0.4, -0.2) is 54.8 Å². The third-order valence-corrected chi connectivity index (χ3v) is 13.2. The third kappa shape index (κ3) is 9.18. The van der Waals surface area contributed by atoms with Crippen molar-refractivity contribution in [3.8, 4) is 0 Å². The van der Waals surface area contributed by atoms with Crippen LogP contribution in [0.15, 0.2) is 29.6 Å². The van der Waals surface area contributed by atoms with Crippen LogP contribution >= 0.6 is 0 Å². The molecule has 0 N–H and O–H groups in total. The first kappa shape index (κ1) is 45.7. The minimum absolute atomic E-state index is 0. The van der Waals surface area contributed by atoms with Gasteiger partial charge in [-0.15, -0.1) is 33.5 Å². The molecule has 3 aliphatic heterocycles. The summed E-state index contributed by atoms with van der Waals surface area (Å²) in [4.78, 5) is 49.2. The summed E-state index contributed by atoms with van der Waals surface area (Å²) in [5, 5.41) is 7.06. The van der Waals surface area contributed by atoms with Crippen molar-refractivity contribution < 1.29 is 23.7 Å². The fourth-order valence-corrected chi connectivity index (χ4v) is 9.45. The van der Waals surface area contributed by atoms with E-state index in [0.29, 0.717) is 17.7 Å². The smallest absolute Gasteiger partial charge is 0.664 e. The molecule has 3 aromatic rings. The molecule has 7 rings (SSSR count). The van der Waals surface area contributed by atoms with Crippen LogP contribution in [0.3, 0.4) is 0 Å². The number of allylic oxidation sites excluding steroid dienone is 3. The van der Waals surface area contributed by atoms with E-state index in [1.54, 1.807) is 7.11 Å². The number of aromatic nitrogens is 3. The zero-order valence-electron chi connectivity index (χ0n) is 37.7. The Morgan fingerprint density at radius 2 is 1.65 bits per heavy atom. The van der Waals surface area contributed by atoms with Gasteiger partial charge in [0.05, 0.1) is 0 Å². The van der Waals surface area contributed by atoms with Crippen molar-refractivity contribution in [3.63, 3.8) is 0 Å². The Morgan fingerprint density at radius 3 is 2.33 bits per heavy atom. The largest absolute Gasteiger partial charge is 2.00 e. The Bertz CT molecular complexity index is 2350. The topological polar surface area (TPSA) is 115 Å². The van der Waals surface area contributed by atoms with Gasteiger partial charge in [-0.1, -0.05) is 125 Å². The molecule has 8 bridgehead atoms. The van der Waals surface area contributed by atoms with Crippen LogP contribution in [0.2, 0.25) is 0 Å². The molecule has 1 aliphatic carbocycles. The van der Waals surface area contributed by atoms with Crippen LogP contribution in [0.25, 0.3) is 35.2 Å². The molecule has 2 fully saturated rings. The summed E-state index contributed by atoms with van der Waals surface area (Å²) in [5.41, 5.74) is 12.3. The number of hydrogen-bond donors (Lipinski definition) is 0. The van der Waals surface area contributed by atoms with E-state index in [0.717, 1.165) is 104 Å². The molecule has 60 heavy (non-hydrogen) atoms. The third-order valence-electron chi connectivity index (χ3n) is 13.2. The van der Waals surface area contributed by atoms with Crippen molar-refractivity contribution in [3.05, 3.63) is 102 Å². The standard InChI is InChI=1S/C50H64N4O5.Mg/c1-12-34-30(7)37-24-39-32(9)36(20-21-43(55)57-23-22-29(6)19-15-18-28(5)17-14-16-27(3)4)47(53-39)45-46(50-58-59(50)11)49(56)44-33(10)40(54-48(44)45)26-42-35(13-2)31(8)38(52-42)25-41(34)51-37;/h12,22,24-28,32,36,46,50H,1,13-21,23H2,2-11H3,(H-,53,54,56);/q-2;+2/p-1/b29-22-,38-25-,39-24-,42-26-;/t28-,32+,36+,46-,50?;/m1./s1.